The van der Waals surface area contributed by atoms with Crippen molar-refractivity contribution in [3.63, 3.8) is 0 Å². The molecule has 0 aliphatic heterocycles. The van der Waals surface area contributed by atoms with Gasteiger partial charge in [0, 0.05) is 10.8 Å². The van der Waals surface area contributed by atoms with Crippen molar-refractivity contribution in [2.75, 3.05) is 0 Å². The van der Waals surface area contributed by atoms with Crippen molar-refractivity contribution in [2.45, 2.75) is 0 Å². The first-order valence-electron chi connectivity index (χ1n) is 13.4. The van der Waals surface area contributed by atoms with Gasteiger partial charge in [-0.3, -0.25) is 0 Å². The van der Waals surface area contributed by atoms with Crippen LogP contribution in [-0.4, -0.2) is 0 Å². The van der Waals surface area contributed by atoms with Crippen LogP contribution in [-0.2, 0) is 0 Å². The van der Waals surface area contributed by atoms with Gasteiger partial charge in [-0.25, -0.2) is 0 Å². The molecule has 7 rings (SSSR count). The van der Waals surface area contributed by atoms with E-state index in [2.05, 4.69) is 18.2 Å². The number of furan rings is 1. The van der Waals surface area contributed by atoms with Crippen LogP contribution >= 0.6 is 0 Å². The second-order valence-corrected chi connectivity index (χ2v) is 8.15. The Morgan fingerprint density at radius 3 is 1.61 bits per heavy atom. The maximum absolute atomic E-state index is 8.71. The van der Waals surface area contributed by atoms with Crippen LogP contribution in [0.5, 0.6) is 0 Å². The number of para-hydroxylation sites is 1. The molecule has 0 saturated carbocycles. The lowest BCUT2D eigenvalue weighted by Crippen LogP contribution is -1.90. The predicted molar refractivity (Wildman–Crippen MR) is 140 cm³/mol. The maximum atomic E-state index is 8.71. The molecule has 0 atom stereocenters. The minimum atomic E-state index is -0.394. The van der Waals surface area contributed by atoms with Gasteiger partial charge in [0.1, 0.15) is 11.2 Å². The molecule has 33 heavy (non-hydrogen) atoms. The van der Waals surface area contributed by atoms with Crippen molar-refractivity contribution in [3.05, 3.63) is 121 Å². The summed E-state index contributed by atoms with van der Waals surface area (Å²) in [5.41, 5.74) is 4.56. The normalized spacial score (nSPS) is 13.8. The van der Waals surface area contributed by atoms with E-state index in [1.807, 2.05) is 72.8 Å². The monoisotopic (exact) mass is 425 g/mol. The lowest BCUT2D eigenvalue weighted by Gasteiger charge is -2.17. The van der Waals surface area contributed by atoms with Crippen molar-refractivity contribution in [1.29, 1.82) is 0 Å². The quantitative estimate of drug-likeness (QED) is 0.252. The van der Waals surface area contributed by atoms with E-state index in [1.165, 1.54) is 0 Å². The van der Waals surface area contributed by atoms with Gasteiger partial charge in [0.2, 0.25) is 0 Å². The molecular formula is C32H20O. The first-order chi connectivity index (χ1) is 18.5. The number of fused-ring (bicyclic) bond motifs is 5. The Bertz CT molecular complexity index is 2000. The van der Waals surface area contributed by atoms with Gasteiger partial charge in [-0.2, -0.15) is 0 Å². The summed E-state index contributed by atoms with van der Waals surface area (Å²) in [6.07, 6.45) is 0. The third kappa shape index (κ3) is 2.73. The highest BCUT2D eigenvalue weighted by atomic mass is 16.3. The van der Waals surface area contributed by atoms with E-state index in [0.717, 1.165) is 54.6 Å². The van der Waals surface area contributed by atoms with Crippen LogP contribution in [0.1, 0.15) is 6.85 Å². The Hall–Kier alpha value is -4.36. The molecule has 0 bridgehead atoms. The van der Waals surface area contributed by atoms with E-state index >= 15 is 0 Å². The molecule has 0 fully saturated rings. The van der Waals surface area contributed by atoms with Crippen LogP contribution in [0, 0.1) is 0 Å². The van der Waals surface area contributed by atoms with Gasteiger partial charge < -0.3 is 4.42 Å². The lowest BCUT2D eigenvalue weighted by atomic mass is 9.86. The zero-order valence-corrected chi connectivity index (χ0v) is 17.6. The second-order valence-electron chi connectivity index (χ2n) is 8.15. The summed E-state index contributed by atoms with van der Waals surface area (Å²) < 4.78 is 48.1. The van der Waals surface area contributed by atoms with Gasteiger partial charge in [0.15, 0.2) is 0 Å². The van der Waals surface area contributed by atoms with Crippen molar-refractivity contribution >= 4 is 43.5 Å². The first-order valence-corrected chi connectivity index (χ1v) is 10.9. The van der Waals surface area contributed by atoms with Crippen molar-refractivity contribution in [2.24, 2.45) is 0 Å². The average Bonchev–Trinajstić information content (AvgIpc) is 3.33. The summed E-state index contributed by atoms with van der Waals surface area (Å²) >= 11 is 0. The molecule has 1 nitrogen and oxygen atoms in total. The third-order valence-corrected chi connectivity index (χ3v) is 6.35. The maximum Gasteiger partial charge on any atom is 0.135 e. The van der Waals surface area contributed by atoms with E-state index in [1.54, 1.807) is 0 Å². The fraction of sp³-hybridized carbons (Fsp3) is 0. The van der Waals surface area contributed by atoms with Crippen LogP contribution in [0.4, 0.5) is 0 Å². The molecule has 0 spiro atoms. The van der Waals surface area contributed by atoms with E-state index in [4.69, 9.17) is 11.3 Å². The van der Waals surface area contributed by atoms with E-state index in [0.29, 0.717) is 5.56 Å². The molecule has 0 amide bonds. The highest BCUT2D eigenvalue weighted by Crippen LogP contribution is 2.44. The zero-order valence-electron chi connectivity index (χ0n) is 22.6. The van der Waals surface area contributed by atoms with Crippen molar-refractivity contribution in [1.82, 2.24) is 0 Å². The van der Waals surface area contributed by atoms with Gasteiger partial charge in [0.05, 0.1) is 6.85 Å². The van der Waals surface area contributed by atoms with Crippen LogP contribution < -0.4 is 0 Å². The predicted octanol–water partition coefficient (Wildman–Crippen LogP) is 9.23. The minimum absolute atomic E-state index is 0.203. The standard InChI is InChI=1S/C32H20O/c1-2-10-21(11-3-1)31-24-13-4-6-15-26(24)32(27-16-7-5-14-25(27)31)22-18-19-30-28(20-22)23-12-8-9-17-29(23)33-30/h1-20H/i1D,2D,3D,10D,11D. The average molecular weight is 426 g/mol. The van der Waals surface area contributed by atoms with Gasteiger partial charge in [0.25, 0.3) is 0 Å². The summed E-state index contributed by atoms with van der Waals surface area (Å²) in [7, 11) is 0. The molecule has 1 heterocycles. The van der Waals surface area contributed by atoms with Crippen LogP contribution in [0.2, 0.25) is 0 Å². The molecule has 154 valence electrons. The molecule has 0 unspecified atom stereocenters. The van der Waals surface area contributed by atoms with E-state index < -0.39 is 6.04 Å². The molecule has 0 saturated heterocycles. The van der Waals surface area contributed by atoms with Gasteiger partial charge in [-0.1, -0.05) is 103 Å². The Morgan fingerprint density at radius 1 is 0.455 bits per heavy atom. The summed E-state index contributed by atoms with van der Waals surface area (Å²) in [6.45, 7) is 0. The van der Waals surface area contributed by atoms with E-state index in [-0.39, 0.29) is 29.7 Å². The highest BCUT2D eigenvalue weighted by molar-refractivity contribution is 6.22. The Morgan fingerprint density at radius 2 is 0.970 bits per heavy atom. The SMILES string of the molecule is [2H]c1c([2H])c([2H])c(-c2c3ccccc3c(-c3ccc4oc5ccccc5c4c3)c3ccccc23)c([2H])c1[2H]. The van der Waals surface area contributed by atoms with Crippen molar-refractivity contribution < 1.29 is 11.3 Å². The first kappa shape index (κ1) is 13.9. The second kappa shape index (κ2) is 7.08. The number of benzene rings is 6. The smallest absolute Gasteiger partial charge is 0.135 e. The highest BCUT2D eigenvalue weighted by Gasteiger charge is 2.17. The summed E-state index contributed by atoms with van der Waals surface area (Å²) in [5.74, 6) is 0. The van der Waals surface area contributed by atoms with Gasteiger partial charge in [-0.05, 0) is 62.0 Å². The molecule has 6 aromatic carbocycles. The molecule has 0 aliphatic rings. The molecule has 0 radical (unpaired) electrons. The van der Waals surface area contributed by atoms with Crippen LogP contribution in [0.15, 0.2) is 126 Å². The van der Waals surface area contributed by atoms with Crippen molar-refractivity contribution in [3.8, 4) is 22.3 Å². The Labute approximate surface area is 198 Å². The summed E-state index contributed by atoms with van der Waals surface area (Å²) in [6, 6.07) is 28.5. The largest absolute Gasteiger partial charge is 0.456 e. The Kier molecular flexibility index (Phi) is 2.99. The third-order valence-electron chi connectivity index (χ3n) is 6.35. The van der Waals surface area contributed by atoms with Crippen LogP contribution in [0.3, 0.4) is 0 Å². The molecule has 1 heteroatoms. The molecule has 7 aromatic rings. The molecule has 0 aliphatic carbocycles. The van der Waals surface area contributed by atoms with Crippen LogP contribution in [0.25, 0.3) is 65.7 Å². The molecular weight excluding hydrogens is 400 g/mol. The number of hydrogen-bond acceptors (Lipinski definition) is 1. The molecule has 0 N–H and O–H groups in total. The minimum Gasteiger partial charge on any atom is -0.456 e. The Balaban J connectivity index is 1.64. The lowest BCUT2D eigenvalue weighted by molar-refractivity contribution is 0.669. The summed E-state index contributed by atoms with van der Waals surface area (Å²) in [4.78, 5) is 0. The van der Waals surface area contributed by atoms with Gasteiger partial charge in [-0.15, -0.1) is 0 Å². The van der Waals surface area contributed by atoms with E-state index in [9.17, 15) is 0 Å². The number of hydrogen-bond donors (Lipinski definition) is 0. The topological polar surface area (TPSA) is 13.1 Å². The fourth-order valence-electron chi connectivity index (χ4n) is 4.97. The zero-order chi connectivity index (χ0) is 26.1. The molecule has 1 aromatic heterocycles. The number of rotatable bonds is 2. The van der Waals surface area contributed by atoms with Gasteiger partial charge >= 0.3 is 0 Å². The fourth-order valence-corrected chi connectivity index (χ4v) is 4.97. The summed E-state index contributed by atoms with van der Waals surface area (Å²) in [5, 5.41) is 5.63.